The molecule has 0 unspecified atom stereocenters. The molecule has 3 N–H and O–H groups in total. The molecule has 41 heavy (non-hydrogen) atoms. The van der Waals surface area contributed by atoms with Gasteiger partial charge in [0.15, 0.2) is 0 Å². The van der Waals surface area contributed by atoms with Crippen molar-refractivity contribution in [2.45, 2.75) is 4.90 Å². The molecule has 0 fully saturated rings. The van der Waals surface area contributed by atoms with Gasteiger partial charge in [-0.1, -0.05) is 48.5 Å². The minimum absolute atomic E-state index is 0. The number of aromatic nitrogens is 4. The van der Waals surface area contributed by atoms with E-state index >= 15 is 0 Å². The third-order valence-corrected chi connectivity index (χ3v) is 7.74. The molecular weight excluding hydrogens is 586 g/mol. The molecule has 2 aliphatic rings. The smallest absolute Gasteiger partial charge is 0.295 e. The first-order valence-corrected chi connectivity index (χ1v) is 14.1. The van der Waals surface area contributed by atoms with Crippen LogP contribution in [0, 0.1) is 0 Å². The van der Waals surface area contributed by atoms with E-state index in [4.69, 9.17) is 9.97 Å². The monoisotopic (exact) mass is 606 g/mol. The molecule has 0 amide bonds. The molecule has 196 valence electrons. The first kappa shape index (κ1) is 26.8. The van der Waals surface area contributed by atoms with E-state index < -0.39 is 10.1 Å². The van der Waals surface area contributed by atoms with E-state index in [1.165, 1.54) is 6.07 Å². The molecule has 5 heterocycles. The van der Waals surface area contributed by atoms with Crippen LogP contribution in [-0.2, 0) is 29.6 Å². The maximum absolute atomic E-state index is 12.2. The molecule has 3 aromatic heterocycles. The van der Waals surface area contributed by atoms with Gasteiger partial charge >= 0.3 is 0 Å². The van der Waals surface area contributed by atoms with Gasteiger partial charge in [-0.3, -0.25) is 4.55 Å². The Morgan fingerprint density at radius 3 is 2.10 bits per heavy atom. The zero-order valence-electron chi connectivity index (χ0n) is 21.7. The Hall–Kier alpha value is -4.43. The molecule has 0 saturated heterocycles. The molecule has 7 nitrogen and oxygen atoms in total. The van der Waals surface area contributed by atoms with Crippen LogP contribution < -0.4 is 0 Å². The normalized spacial score (nSPS) is 12.6. The van der Waals surface area contributed by atoms with Crippen molar-refractivity contribution in [3.8, 4) is 11.1 Å². The van der Waals surface area contributed by atoms with E-state index in [0.29, 0.717) is 22.3 Å². The van der Waals surface area contributed by atoms with Crippen molar-refractivity contribution in [3.05, 3.63) is 125 Å². The number of H-pyrrole nitrogens is 2. The SMILES string of the molecule is O=S(=O)(O)c1ccccc1-c1cc2cc3nc(cc4ccc(cc5nc(cc1[nH]2)C=C5)[nH]4)C(c1ccccc1)=C3.[Zn]. The second-order valence-corrected chi connectivity index (χ2v) is 11.0. The van der Waals surface area contributed by atoms with Gasteiger partial charge in [-0.15, -0.1) is 0 Å². The maximum Gasteiger partial charge on any atom is 0.295 e. The topological polar surface area (TPSA) is 112 Å². The predicted octanol–water partition coefficient (Wildman–Crippen LogP) is 6.99. The number of nitrogens with zero attached hydrogens (tertiary/aromatic N) is 2. The summed E-state index contributed by atoms with van der Waals surface area (Å²) in [4.78, 5) is 16.3. The van der Waals surface area contributed by atoms with Crippen molar-refractivity contribution in [1.82, 2.24) is 19.9 Å². The van der Waals surface area contributed by atoms with Crippen LogP contribution >= 0.6 is 0 Å². The summed E-state index contributed by atoms with van der Waals surface area (Å²) in [5, 5.41) is 0. The van der Waals surface area contributed by atoms with Crippen molar-refractivity contribution in [3.63, 3.8) is 0 Å². The van der Waals surface area contributed by atoms with E-state index in [-0.39, 0.29) is 24.4 Å². The third kappa shape index (κ3) is 5.35. The quantitative estimate of drug-likeness (QED) is 0.148. The Morgan fingerprint density at radius 2 is 1.32 bits per heavy atom. The fourth-order valence-electron chi connectivity index (χ4n) is 5.07. The van der Waals surface area contributed by atoms with Crippen LogP contribution in [0.25, 0.3) is 57.0 Å². The number of nitrogens with one attached hydrogen (secondary N) is 2. The second kappa shape index (κ2) is 10.5. The van der Waals surface area contributed by atoms with Crippen LogP contribution in [0.5, 0.6) is 0 Å². The summed E-state index contributed by atoms with van der Waals surface area (Å²) in [6.07, 6.45) is 5.86. The number of rotatable bonds is 3. The minimum atomic E-state index is -4.45. The van der Waals surface area contributed by atoms with Crippen molar-refractivity contribution in [1.29, 1.82) is 0 Å². The fourth-order valence-corrected chi connectivity index (χ4v) is 5.78. The second-order valence-electron chi connectivity index (χ2n) is 9.61. The maximum atomic E-state index is 12.2. The van der Waals surface area contributed by atoms with Crippen molar-refractivity contribution < 1.29 is 32.4 Å². The predicted molar refractivity (Wildman–Crippen MR) is 159 cm³/mol. The summed E-state index contributed by atoms with van der Waals surface area (Å²) in [6.45, 7) is 0. The molecule has 0 spiro atoms. The summed E-state index contributed by atoms with van der Waals surface area (Å²) in [7, 11) is -4.45. The van der Waals surface area contributed by atoms with Gasteiger partial charge in [0.2, 0.25) is 0 Å². The van der Waals surface area contributed by atoms with Gasteiger partial charge in [0, 0.05) is 58.2 Å². The summed E-state index contributed by atoms with van der Waals surface area (Å²) >= 11 is 0. The molecule has 0 radical (unpaired) electrons. The third-order valence-electron chi connectivity index (χ3n) is 6.83. The number of benzene rings is 2. The Morgan fingerprint density at radius 1 is 0.634 bits per heavy atom. The minimum Gasteiger partial charge on any atom is -0.355 e. The zero-order chi connectivity index (χ0) is 27.3. The van der Waals surface area contributed by atoms with Crippen LogP contribution in [-0.4, -0.2) is 32.9 Å². The Kier molecular flexibility index (Phi) is 6.87. The molecular formula is C32H22N4O3SZn. The van der Waals surface area contributed by atoms with Crippen LogP contribution in [0.2, 0.25) is 0 Å². The standard InChI is InChI=1S/C32H22N4O3S.Zn/c37-40(38,39)32-9-5-4-8-27(32)29-17-26-15-25-16-28(20-6-2-1-3-7-20)30(35-25)18-23-12-10-21(33-23)14-22-11-13-24(34-22)19-31(29)36-26;/h1-19,33,36H,(H,37,38,39);. The first-order valence-electron chi connectivity index (χ1n) is 12.6. The number of hydrogen-bond donors (Lipinski definition) is 3. The number of aromatic amines is 2. The molecule has 9 heteroatoms. The largest absolute Gasteiger partial charge is 0.355 e. The van der Waals surface area contributed by atoms with Crippen LogP contribution in [0.15, 0.2) is 102 Å². The number of hydrogen-bond acceptors (Lipinski definition) is 4. The van der Waals surface area contributed by atoms with E-state index in [1.807, 2.05) is 78.9 Å². The van der Waals surface area contributed by atoms with Gasteiger partial charge in [-0.05, 0) is 72.3 Å². The zero-order valence-corrected chi connectivity index (χ0v) is 25.5. The van der Waals surface area contributed by atoms with E-state index in [2.05, 4.69) is 22.1 Å². The van der Waals surface area contributed by atoms with Gasteiger partial charge in [0.1, 0.15) is 4.90 Å². The van der Waals surface area contributed by atoms with Crippen molar-refractivity contribution >= 4 is 56.0 Å². The van der Waals surface area contributed by atoms with Crippen LogP contribution in [0.1, 0.15) is 28.3 Å². The number of fused-ring (bicyclic) bond motifs is 8. The molecule has 0 saturated carbocycles. The Balaban J connectivity index is 0.00000302. The Labute approximate surface area is 248 Å². The molecule has 0 atom stereocenters. The molecule has 8 bridgehead atoms. The van der Waals surface area contributed by atoms with Gasteiger partial charge in [-0.2, -0.15) is 8.42 Å². The van der Waals surface area contributed by atoms with Crippen molar-refractivity contribution in [2.24, 2.45) is 0 Å². The van der Waals surface area contributed by atoms with Gasteiger partial charge < -0.3 is 9.97 Å². The summed E-state index contributed by atoms with van der Waals surface area (Å²) in [6, 6.07) is 30.1. The van der Waals surface area contributed by atoms with Gasteiger partial charge in [0.25, 0.3) is 10.1 Å². The van der Waals surface area contributed by atoms with E-state index in [9.17, 15) is 13.0 Å². The fraction of sp³-hybridized carbons (Fsp3) is 0. The molecule has 2 aliphatic heterocycles. The van der Waals surface area contributed by atoms with E-state index in [1.54, 1.807) is 18.2 Å². The van der Waals surface area contributed by atoms with Crippen molar-refractivity contribution in [2.75, 3.05) is 0 Å². The molecule has 2 aromatic carbocycles. The van der Waals surface area contributed by atoms with Gasteiger partial charge in [0.05, 0.1) is 22.8 Å². The van der Waals surface area contributed by atoms with E-state index in [0.717, 1.165) is 44.8 Å². The molecule has 5 aromatic rings. The van der Waals surface area contributed by atoms with Crippen LogP contribution in [0.4, 0.5) is 0 Å². The molecule has 7 rings (SSSR count). The van der Waals surface area contributed by atoms with Crippen LogP contribution in [0.3, 0.4) is 0 Å². The summed E-state index contributed by atoms with van der Waals surface area (Å²) in [5.41, 5.74) is 9.31. The average molecular weight is 608 g/mol. The first-order chi connectivity index (χ1) is 19.4. The van der Waals surface area contributed by atoms with Gasteiger partial charge in [-0.25, -0.2) is 9.97 Å². The summed E-state index contributed by atoms with van der Waals surface area (Å²) < 4.78 is 34.4. The average Bonchev–Trinajstić information content (AvgIpc) is 3.73. The molecule has 0 aliphatic carbocycles. The summed E-state index contributed by atoms with van der Waals surface area (Å²) in [5.74, 6) is 0. The Bertz CT molecular complexity index is 2150.